The lowest BCUT2D eigenvalue weighted by atomic mass is 10.2. The number of methoxy groups -OCH3 is 2. The van der Waals surface area contributed by atoms with Gasteiger partial charge in [0, 0.05) is 36.0 Å². The fourth-order valence-electron chi connectivity index (χ4n) is 3.03. The Morgan fingerprint density at radius 1 is 1.00 bits per heavy atom. The summed E-state index contributed by atoms with van der Waals surface area (Å²) in [6.07, 6.45) is 0.0410. The van der Waals surface area contributed by atoms with E-state index < -0.39 is 21.4 Å². The third-order valence-corrected chi connectivity index (χ3v) is 6.18. The highest BCUT2D eigenvalue weighted by molar-refractivity contribution is 7.93. The van der Waals surface area contributed by atoms with Gasteiger partial charge in [0.25, 0.3) is 0 Å². The molecule has 168 valence electrons. The molecule has 2 aromatic carbocycles. The Labute approximate surface area is 181 Å². The van der Waals surface area contributed by atoms with Crippen LogP contribution in [0.3, 0.4) is 0 Å². The number of amides is 1. The molecule has 3 rings (SSSR count). The third-order valence-electron chi connectivity index (χ3n) is 4.60. The van der Waals surface area contributed by atoms with Gasteiger partial charge in [-0.2, -0.15) is 0 Å². The Morgan fingerprint density at radius 2 is 1.65 bits per heavy atom. The van der Waals surface area contributed by atoms with Crippen molar-refractivity contribution in [1.82, 2.24) is 10.9 Å². The van der Waals surface area contributed by atoms with Crippen molar-refractivity contribution >= 4 is 27.3 Å². The molecule has 1 heterocycles. The summed E-state index contributed by atoms with van der Waals surface area (Å²) in [5.74, 6) is 1.30. The molecule has 0 bridgehead atoms. The van der Waals surface area contributed by atoms with Crippen molar-refractivity contribution in [2.45, 2.75) is 24.8 Å². The molecule has 1 aliphatic rings. The first kappa shape index (κ1) is 22.7. The minimum absolute atomic E-state index is 0.0410. The summed E-state index contributed by atoms with van der Waals surface area (Å²) >= 11 is 0. The van der Waals surface area contributed by atoms with E-state index >= 15 is 0 Å². The van der Waals surface area contributed by atoms with Crippen molar-refractivity contribution in [2.75, 3.05) is 30.9 Å². The molecule has 4 N–H and O–H groups in total. The number of anilines is 2. The van der Waals surface area contributed by atoms with Crippen LogP contribution in [0.15, 0.2) is 42.5 Å². The molecule has 2 atom stereocenters. The van der Waals surface area contributed by atoms with E-state index in [0.717, 1.165) is 0 Å². The first-order chi connectivity index (χ1) is 14.8. The van der Waals surface area contributed by atoms with E-state index in [0.29, 0.717) is 35.2 Å². The lowest BCUT2D eigenvalue weighted by molar-refractivity contribution is -0.117. The van der Waals surface area contributed by atoms with E-state index in [1.165, 1.54) is 14.2 Å². The zero-order chi connectivity index (χ0) is 22.4. The van der Waals surface area contributed by atoms with Crippen LogP contribution in [0.5, 0.6) is 17.2 Å². The highest BCUT2D eigenvalue weighted by atomic mass is 32.2. The summed E-state index contributed by atoms with van der Waals surface area (Å²) < 4.78 is 43.6. The number of hydrogen-bond acceptors (Lipinski definition) is 8. The molecule has 2 aromatic rings. The standard InChI is InChI=1S/C20H26N4O6S/c1-4-30-15-7-5-13(6-8-15)24-31(26,27)19-12-18(22-23-19)20(25)21-14-9-16(28-2)11-17(10-14)29-3/h5-11,18-19,22-24H,4,12H2,1-3H3,(H,21,25). The number of sulfonamides is 1. The van der Waals surface area contributed by atoms with Crippen molar-refractivity contribution in [3.63, 3.8) is 0 Å². The smallest absolute Gasteiger partial charge is 0.250 e. The first-order valence-electron chi connectivity index (χ1n) is 9.64. The van der Waals surface area contributed by atoms with Crippen LogP contribution in [-0.4, -0.2) is 46.6 Å². The van der Waals surface area contributed by atoms with E-state index in [9.17, 15) is 13.2 Å². The summed E-state index contributed by atoms with van der Waals surface area (Å²) in [6, 6.07) is 10.8. The van der Waals surface area contributed by atoms with Gasteiger partial charge in [-0.1, -0.05) is 0 Å². The summed E-state index contributed by atoms with van der Waals surface area (Å²) in [6.45, 7) is 2.39. The van der Waals surface area contributed by atoms with Crippen molar-refractivity contribution < 1.29 is 27.4 Å². The van der Waals surface area contributed by atoms with Crippen molar-refractivity contribution in [3.05, 3.63) is 42.5 Å². The molecule has 0 saturated carbocycles. The predicted octanol–water partition coefficient (Wildman–Crippen LogP) is 1.68. The number of hydrazine groups is 1. The largest absolute Gasteiger partial charge is 0.497 e. The maximum Gasteiger partial charge on any atom is 0.250 e. The first-order valence-corrected chi connectivity index (χ1v) is 11.2. The van der Waals surface area contributed by atoms with E-state index in [1.807, 2.05) is 6.92 Å². The number of rotatable bonds is 9. The lowest BCUT2D eigenvalue weighted by Gasteiger charge is -2.14. The van der Waals surface area contributed by atoms with Gasteiger partial charge >= 0.3 is 0 Å². The van der Waals surface area contributed by atoms with Crippen LogP contribution in [0.1, 0.15) is 13.3 Å². The fraction of sp³-hybridized carbons (Fsp3) is 0.350. The summed E-state index contributed by atoms with van der Waals surface area (Å²) in [5, 5.41) is 1.75. The topological polar surface area (TPSA) is 127 Å². The van der Waals surface area contributed by atoms with Gasteiger partial charge in [-0.25, -0.2) is 19.3 Å². The number of ether oxygens (including phenoxy) is 3. The third kappa shape index (κ3) is 5.78. The molecule has 11 heteroatoms. The SMILES string of the molecule is CCOc1ccc(NS(=O)(=O)C2CC(C(=O)Nc3cc(OC)cc(OC)c3)NN2)cc1. The zero-order valence-electron chi connectivity index (χ0n) is 17.5. The van der Waals surface area contributed by atoms with E-state index in [2.05, 4.69) is 20.9 Å². The van der Waals surface area contributed by atoms with Crippen molar-refractivity contribution in [2.24, 2.45) is 0 Å². The quantitative estimate of drug-likeness (QED) is 0.454. The number of nitrogens with one attached hydrogen (secondary N) is 4. The van der Waals surface area contributed by atoms with Crippen molar-refractivity contribution in [1.29, 1.82) is 0 Å². The molecule has 0 spiro atoms. The summed E-state index contributed by atoms with van der Waals surface area (Å²) in [4.78, 5) is 12.6. The van der Waals surface area contributed by atoms with Crippen LogP contribution in [0.25, 0.3) is 0 Å². The molecule has 1 saturated heterocycles. The molecule has 10 nitrogen and oxygen atoms in total. The molecule has 31 heavy (non-hydrogen) atoms. The highest BCUT2D eigenvalue weighted by Gasteiger charge is 2.37. The van der Waals surface area contributed by atoms with Gasteiger partial charge in [-0.15, -0.1) is 0 Å². The monoisotopic (exact) mass is 450 g/mol. The lowest BCUT2D eigenvalue weighted by Crippen LogP contribution is -2.42. The number of hydrogen-bond donors (Lipinski definition) is 4. The second-order valence-corrected chi connectivity index (χ2v) is 8.62. The average Bonchev–Trinajstić information content (AvgIpc) is 3.26. The van der Waals surface area contributed by atoms with E-state index in [4.69, 9.17) is 14.2 Å². The molecule has 0 radical (unpaired) electrons. The summed E-state index contributed by atoms with van der Waals surface area (Å²) in [7, 11) is -0.764. The van der Waals surface area contributed by atoms with E-state index in [1.54, 1.807) is 42.5 Å². The molecular weight excluding hydrogens is 424 g/mol. The second kappa shape index (κ2) is 9.86. The van der Waals surface area contributed by atoms with Crippen molar-refractivity contribution in [3.8, 4) is 17.2 Å². The van der Waals surface area contributed by atoms with Gasteiger partial charge in [0.2, 0.25) is 15.9 Å². The van der Waals surface area contributed by atoms with Gasteiger partial charge in [-0.05, 0) is 31.2 Å². The molecule has 0 aliphatic carbocycles. The predicted molar refractivity (Wildman–Crippen MR) is 117 cm³/mol. The number of carbonyl (C=O) groups is 1. The van der Waals surface area contributed by atoms with Crippen LogP contribution in [0, 0.1) is 0 Å². The molecule has 0 aromatic heterocycles. The van der Waals surface area contributed by atoms with E-state index in [-0.39, 0.29) is 12.3 Å². The molecule has 1 fully saturated rings. The highest BCUT2D eigenvalue weighted by Crippen LogP contribution is 2.26. The second-order valence-electron chi connectivity index (χ2n) is 6.76. The minimum Gasteiger partial charge on any atom is -0.497 e. The van der Waals surface area contributed by atoms with Crippen LogP contribution >= 0.6 is 0 Å². The number of carbonyl (C=O) groups excluding carboxylic acids is 1. The Bertz CT molecular complexity index is 991. The normalized spacial score (nSPS) is 18.3. The number of benzene rings is 2. The van der Waals surface area contributed by atoms with Gasteiger partial charge in [0.05, 0.1) is 20.8 Å². The van der Waals surface area contributed by atoms with Crippen LogP contribution in [0.2, 0.25) is 0 Å². The molecule has 1 aliphatic heterocycles. The maximum absolute atomic E-state index is 12.7. The van der Waals surface area contributed by atoms with Gasteiger partial charge < -0.3 is 19.5 Å². The van der Waals surface area contributed by atoms with Gasteiger partial charge in [0.15, 0.2) is 0 Å². The molecule has 2 unspecified atom stereocenters. The fourth-order valence-corrected chi connectivity index (χ4v) is 4.31. The molecule has 1 amide bonds. The Morgan fingerprint density at radius 3 is 2.23 bits per heavy atom. The summed E-state index contributed by atoms with van der Waals surface area (Å²) in [5.41, 5.74) is 6.29. The Kier molecular flexibility index (Phi) is 7.21. The van der Waals surface area contributed by atoms with Crippen LogP contribution in [-0.2, 0) is 14.8 Å². The minimum atomic E-state index is -3.78. The Hall–Kier alpha value is -3.02. The zero-order valence-corrected chi connectivity index (χ0v) is 18.3. The van der Waals surface area contributed by atoms with Gasteiger partial charge in [0.1, 0.15) is 28.7 Å². The van der Waals surface area contributed by atoms with Crippen LogP contribution < -0.4 is 35.1 Å². The average molecular weight is 451 g/mol. The van der Waals surface area contributed by atoms with Gasteiger partial charge in [-0.3, -0.25) is 9.52 Å². The molecular formula is C20H26N4O6S. The maximum atomic E-state index is 12.7. The Balaban J connectivity index is 1.61. The van der Waals surface area contributed by atoms with Crippen LogP contribution in [0.4, 0.5) is 11.4 Å².